The van der Waals surface area contributed by atoms with Crippen LogP contribution in [-0.4, -0.2) is 47.8 Å². The molecule has 2 unspecified atom stereocenters. The predicted octanol–water partition coefficient (Wildman–Crippen LogP) is 0.951. The number of allylic oxidation sites excluding steroid dienone is 1. The van der Waals surface area contributed by atoms with Crippen LogP contribution in [0.3, 0.4) is 0 Å². The van der Waals surface area contributed by atoms with E-state index in [1.165, 1.54) is 0 Å². The molecule has 4 nitrogen and oxygen atoms in total. The second-order valence-electron chi connectivity index (χ2n) is 4.26. The van der Waals surface area contributed by atoms with Gasteiger partial charge in [-0.15, -0.1) is 0 Å². The minimum atomic E-state index is -0.248. The Morgan fingerprint density at radius 1 is 1.56 bits per heavy atom. The zero-order valence-electron chi connectivity index (χ0n) is 10.3. The highest BCUT2D eigenvalue weighted by atomic mass is 16.5. The average molecular weight is 227 g/mol. The van der Waals surface area contributed by atoms with Gasteiger partial charge in [-0.05, 0) is 20.3 Å². The predicted molar refractivity (Wildman–Crippen MR) is 62.0 cm³/mol. The summed E-state index contributed by atoms with van der Waals surface area (Å²) in [7, 11) is 0. The average Bonchev–Trinajstić information content (AvgIpc) is 2.27. The van der Waals surface area contributed by atoms with Gasteiger partial charge in [0.1, 0.15) is 0 Å². The Labute approximate surface area is 96.9 Å². The maximum absolute atomic E-state index is 12.0. The van der Waals surface area contributed by atoms with Crippen molar-refractivity contribution in [2.75, 3.05) is 19.7 Å². The van der Waals surface area contributed by atoms with Crippen molar-refractivity contribution in [2.45, 2.75) is 39.4 Å². The number of hydrogen-bond donors (Lipinski definition) is 1. The van der Waals surface area contributed by atoms with Gasteiger partial charge in [0.05, 0.1) is 18.8 Å². The van der Waals surface area contributed by atoms with E-state index < -0.39 is 0 Å². The van der Waals surface area contributed by atoms with Crippen LogP contribution < -0.4 is 0 Å². The highest BCUT2D eigenvalue weighted by molar-refractivity contribution is 5.92. The van der Waals surface area contributed by atoms with Crippen LogP contribution in [0.1, 0.15) is 27.2 Å². The van der Waals surface area contributed by atoms with Crippen LogP contribution in [-0.2, 0) is 9.53 Å². The van der Waals surface area contributed by atoms with E-state index in [9.17, 15) is 4.79 Å². The van der Waals surface area contributed by atoms with Crippen molar-refractivity contribution >= 4 is 5.91 Å². The zero-order chi connectivity index (χ0) is 12.1. The first kappa shape index (κ1) is 13.2. The summed E-state index contributed by atoms with van der Waals surface area (Å²) in [6, 6.07) is 0. The van der Waals surface area contributed by atoms with Gasteiger partial charge in [-0.1, -0.05) is 13.0 Å². The first-order chi connectivity index (χ1) is 7.58. The summed E-state index contributed by atoms with van der Waals surface area (Å²) >= 11 is 0. The number of aliphatic hydroxyl groups excluding tert-OH is 1. The molecule has 0 aromatic rings. The van der Waals surface area contributed by atoms with E-state index in [2.05, 4.69) is 0 Å². The van der Waals surface area contributed by atoms with E-state index in [4.69, 9.17) is 9.84 Å². The number of hydrogen-bond acceptors (Lipinski definition) is 3. The molecule has 2 atom stereocenters. The Morgan fingerprint density at radius 2 is 2.25 bits per heavy atom. The Hall–Kier alpha value is -0.870. The van der Waals surface area contributed by atoms with Gasteiger partial charge < -0.3 is 14.7 Å². The van der Waals surface area contributed by atoms with Crippen molar-refractivity contribution < 1.29 is 14.6 Å². The van der Waals surface area contributed by atoms with Gasteiger partial charge in [-0.3, -0.25) is 4.79 Å². The Balaban J connectivity index is 2.65. The molecular formula is C12H21NO3. The Bertz CT molecular complexity index is 275. The van der Waals surface area contributed by atoms with E-state index in [0.29, 0.717) is 13.1 Å². The molecule has 16 heavy (non-hydrogen) atoms. The summed E-state index contributed by atoms with van der Waals surface area (Å²) in [5.74, 6) is 0.0513. The van der Waals surface area contributed by atoms with Gasteiger partial charge in [0.25, 0.3) is 0 Å². The summed E-state index contributed by atoms with van der Waals surface area (Å²) in [4.78, 5) is 13.8. The summed E-state index contributed by atoms with van der Waals surface area (Å²) in [5.41, 5.74) is 0.772. The smallest absolute Gasteiger partial charge is 0.249 e. The third kappa shape index (κ3) is 3.32. The lowest BCUT2D eigenvalue weighted by Crippen LogP contribution is -2.50. The third-order valence-corrected chi connectivity index (χ3v) is 2.66. The van der Waals surface area contributed by atoms with Gasteiger partial charge >= 0.3 is 0 Å². The topological polar surface area (TPSA) is 49.8 Å². The molecule has 1 amide bonds. The van der Waals surface area contributed by atoms with Gasteiger partial charge in [-0.25, -0.2) is 0 Å². The Kier molecular flexibility index (Phi) is 4.96. The molecule has 92 valence electrons. The van der Waals surface area contributed by atoms with Crippen LogP contribution in [0.15, 0.2) is 11.6 Å². The SMILES string of the molecule is CC/C=C(/C)C(=O)N1CC(C)OC(CO)C1. The van der Waals surface area contributed by atoms with Crippen molar-refractivity contribution in [1.29, 1.82) is 0 Å². The molecular weight excluding hydrogens is 206 g/mol. The van der Waals surface area contributed by atoms with Crippen molar-refractivity contribution in [3.8, 4) is 0 Å². The number of morpholine rings is 1. The highest BCUT2D eigenvalue weighted by Crippen LogP contribution is 2.13. The molecule has 1 N–H and O–H groups in total. The van der Waals surface area contributed by atoms with Crippen molar-refractivity contribution in [2.24, 2.45) is 0 Å². The molecule has 1 fully saturated rings. The molecule has 0 bridgehead atoms. The lowest BCUT2D eigenvalue weighted by atomic mass is 10.1. The highest BCUT2D eigenvalue weighted by Gasteiger charge is 2.28. The quantitative estimate of drug-likeness (QED) is 0.730. The van der Waals surface area contributed by atoms with E-state index in [1.807, 2.05) is 26.8 Å². The number of ether oxygens (including phenoxy) is 1. The van der Waals surface area contributed by atoms with Gasteiger partial charge in [0.15, 0.2) is 0 Å². The van der Waals surface area contributed by atoms with Gasteiger partial charge in [-0.2, -0.15) is 0 Å². The van der Waals surface area contributed by atoms with Crippen LogP contribution >= 0.6 is 0 Å². The van der Waals surface area contributed by atoms with Crippen LogP contribution in [0.4, 0.5) is 0 Å². The van der Waals surface area contributed by atoms with E-state index in [1.54, 1.807) is 4.90 Å². The molecule has 1 aliphatic heterocycles. The van der Waals surface area contributed by atoms with Gasteiger partial charge in [0, 0.05) is 18.7 Å². The first-order valence-electron chi connectivity index (χ1n) is 5.80. The van der Waals surface area contributed by atoms with E-state index in [0.717, 1.165) is 12.0 Å². The Morgan fingerprint density at radius 3 is 2.81 bits per heavy atom. The first-order valence-corrected chi connectivity index (χ1v) is 5.80. The van der Waals surface area contributed by atoms with Crippen LogP contribution in [0, 0.1) is 0 Å². The minimum absolute atomic E-state index is 0.00993. The number of aliphatic hydroxyl groups is 1. The van der Waals surface area contributed by atoms with Crippen LogP contribution in [0.25, 0.3) is 0 Å². The van der Waals surface area contributed by atoms with Gasteiger partial charge in [0.2, 0.25) is 5.91 Å². The minimum Gasteiger partial charge on any atom is -0.394 e. The molecule has 1 rings (SSSR count). The third-order valence-electron chi connectivity index (χ3n) is 2.66. The monoisotopic (exact) mass is 227 g/mol. The fraction of sp³-hybridized carbons (Fsp3) is 0.750. The van der Waals surface area contributed by atoms with E-state index in [-0.39, 0.29) is 24.7 Å². The van der Waals surface area contributed by atoms with Crippen molar-refractivity contribution in [1.82, 2.24) is 4.90 Å². The number of rotatable bonds is 3. The lowest BCUT2D eigenvalue weighted by molar-refractivity contribution is -0.143. The maximum Gasteiger partial charge on any atom is 0.249 e. The molecule has 0 aliphatic carbocycles. The molecule has 0 aromatic carbocycles. The number of carbonyl (C=O) groups is 1. The molecule has 1 saturated heterocycles. The molecule has 0 saturated carbocycles. The largest absolute Gasteiger partial charge is 0.394 e. The standard InChI is InChI=1S/C12H21NO3/c1-4-5-9(2)12(15)13-6-10(3)16-11(7-13)8-14/h5,10-11,14H,4,6-8H2,1-3H3/b9-5-. The van der Waals surface area contributed by atoms with Crippen LogP contribution in [0.5, 0.6) is 0 Å². The van der Waals surface area contributed by atoms with Crippen LogP contribution in [0.2, 0.25) is 0 Å². The fourth-order valence-corrected chi connectivity index (χ4v) is 1.95. The second-order valence-corrected chi connectivity index (χ2v) is 4.26. The lowest BCUT2D eigenvalue weighted by Gasteiger charge is -2.36. The number of amides is 1. The summed E-state index contributed by atoms with van der Waals surface area (Å²) in [6.45, 7) is 6.81. The molecule has 0 aromatic heterocycles. The summed E-state index contributed by atoms with van der Waals surface area (Å²) in [5, 5.41) is 9.07. The molecule has 0 radical (unpaired) electrons. The second kappa shape index (κ2) is 6.01. The molecule has 1 heterocycles. The summed E-state index contributed by atoms with van der Waals surface area (Å²) < 4.78 is 5.49. The maximum atomic E-state index is 12.0. The summed E-state index contributed by atoms with van der Waals surface area (Å²) in [6.07, 6.45) is 2.53. The fourth-order valence-electron chi connectivity index (χ4n) is 1.95. The molecule has 1 aliphatic rings. The normalized spacial score (nSPS) is 27.0. The van der Waals surface area contributed by atoms with Crippen molar-refractivity contribution in [3.63, 3.8) is 0 Å². The molecule has 0 spiro atoms. The van der Waals surface area contributed by atoms with Crippen molar-refractivity contribution in [3.05, 3.63) is 11.6 Å². The van der Waals surface area contributed by atoms with E-state index >= 15 is 0 Å². The number of carbonyl (C=O) groups excluding carboxylic acids is 1. The number of nitrogens with zero attached hydrogens (tertiary/aromatic N) is 1. The molecule has 4 heteroatoms. The zero-order valence-corrected chi connectivity index (χ0v) is 10.3.